The summed E-state index contributed by atoms with van der Waals surface area (Å²) in [6.45, 7) is 2.05. The van der Waals surface area contributed by atoms with E-state index in [0.29, 0.717) is 34.4 Å². The highest BCUT2D eigenvalue weighted by molar-refractivity contribution is 9.08. The third kappa shape index (κ3) is 19.4. The van der Waals surface area contributed by atoms with Crippen molar-refractivity contribution in [1.82, 2.24) is 21.0 Å². The number of hydrogen-bond donors (Lipinski definition) is 3. The van der Waals surface area contributed by atoms with Crippen LogP contribution in [0.4, 0.5) is 0 Å². The van der Waals surface area contributed by atoms with E-state index in [-0.39, 0.29) is 110 Å². The Morgan fingerprint density at radius 1 is 0.580 bits per heavy atom. The topological polar surface area (TPSA) is 206 Å². The molecule has 1 aliphatic heterocycles. The summed E-state index contributed by atoms with van der Waals surface area (Å²) in [5.74, 6) is -2.81. The Balaban J connectivity index is 1.30. The fourth-order valence-electron chi connectivity index (χ4n) is 3.95. The third-order valence-electron chi connectivity index (χ3n) is 6.29. The van der Waals surface area contributed by atoms with Crippen molar-refractivity contribution in [2.45, 2.75) is 23.5 Å². The largest absolute Gasteiger partial charge is 0.377 e. The van der Waals surface area contributed by atoms with Gasteiger partial charge >= 0.3 is 5.97 Å². The number of imide groups is 1. The molecule has 1 aliphatic rings. The lowest BCUT2D eigenvalue weighted by Gasteiger charge is -2.12. The van der Waals surface area contributed by atoms with Gasteiger partial charge in [0.25, 0.3) is 17.7 Å². The van der Waals surface area contributed by atoms with Gasteiger partial charge in [-0.1, -0.05) is 37.9 Å². The van der Waals surface area contributed by atoms with E-state index >= 15 is 0 Å². The minimum Gasteiger partial charge on any atom is -0.377 e. The first-order valence-corrected chi connectivity index (χ1v) is 18.1. The second kappa shape index (κ2) is 26.7. The number of alkyl halides is 2. The van der Waals surface area contributed by atoms with Gasteiger partial charge in [0.1, 0.15) is 19.8 Å². The van der Waals surface area contributed by atoms with E-state index in [2.05, 4.69) is 52.6 Å². The number of carbonyl (C=O) groups excluding carboxylic acids is 6. The molecule has 0 unspecified atom stereocenters. The molecule has 50 heavy (non-hydrogen) atoms. The second-order valence-corrected chi connectivity index (χ2v) is 11.4. The molecule has 0 radical (unpaired) electrons. The van der Waals surface area contributed by atoms with Crippen molar-refractivity contribution in [2.24, 2.45) is 0 Å². The van der Waals surface area contributed by atoms with Crippen molar-refractivity contribution in [3.63, 3.8) is 0 Å². The summed E-state index contributed by atoms with van der Waals surface area (Å²) in [4.78, 5) is 75.1. The quantitative estimate of drug-likeness (QED) is 0.0585. The number of rotatable bonds is 28. The number of nitrogens with zero attached hydrogens (tertiary/aromatic N) is 1. The summed E-state index contributed by atoms with van der Waals surface area (Å²) >= 11 is 6.83. The SMILES string of the molecule is O=C(COCCOCCNC(=O)COCCOCCNC(=O)c1cc(CBr)cc(CBr)c1)NCCOCCOCC(=O)ON1C(=O)CCC1=O. The molecule has 280 valence electrons. The zero-order chi connectivity index (χ0) is 36.4. The van der Waals surface area contributed by atoms with Crippen molar-refractivity contribution in [2.75, 3.05) is 98.9 Å². The first-order chi connectivity index (χ1) is 24.2. The highest BCUT2D eigenvalue weighted by Gasteiger charge is 2.32. The van der Waals surface area contributed by atoms with Gasteiger partial charge < -0.3 is 49.2 Å². The smallest absolute Gasteiger partial charge is 0.358 e. The molecule has 2 rings (SSSR count). The van der Waals surface area contributed by atoms with E-state index in [9.17, 15) is 28.8 Å². The lowest BCUT2D eigenvalue weighted by Crippen LogP contribution is -2.33. The van der Waals surface area contributed by atoms with Crippen LogP contribution in [0, 0.1) is 0 Å². The minimum atomic E-state index is -0.868. The Hall–Kier alpha value is -3.04. The van der Waals surface area contributed by atoms with E-state index in [0.717, 1.165) is 11.1 Å². The summed E-state index contributed by atoms with van der Waals surface area (Å²) in [6, 6.07) is 5.70. The van der Waals surface area contributed by atoms with Crippen molar-refractivity contribution in [3.05, 3.63) is 34.9 Å². The van der Waals surface area contributed by atoms with E-state index in [1.807, 2.05) is 18.2 Å². The van der Waals surface area contributed by atoms with Crippen LogP contribution in [0.1, 0.15) is 34.3 Å². The fraction of sp³-hybridized carbons (Fsp3) is 0.613. The molecule has 0 aromatic heterocycles. The molecule has 17 nitrogen and oxygen atoms in total. The van der Waals surface area contributed by atoms with Gasteiger partial charge in [0, 0.05) is 48.7 Å². The summed E-state index contributed by atoms with van der Waals surface area (Å²) in [5.41, 5.74) is 2.63. The summed E-state index contributed by atoms with van der Waals surface area (Å²) in [5, 5.41) is 9.86. The van der Waals surface area contributed by atoms with Crippen molar-refractivity contribution in [1.29, 1.82) is 0 Å². The normalized spacial score (nSPS) is 12.6. The molecule has 1 aromatic rings. The molecule has 1 fully saturated rings. The number of carbonyl (C=O) groups is 6. The van der Waals surface area contributed by atoms with Crippen molar-refractivity contribution < 1.29 is 62.0 Å². The van der Waals surface area contributed by atoms with Crippen LogP contribution < -0.4 is 16.0 Å². The number of benzene rings is 1. The van der Waals surface area contributed by atoms with Crippen LogP contribution in [-0.4, -0.2) is 139 Å². The maximum absolute atomic E-state index is 12.4. The van der Waals surface area contributed by atoms with Gasteiger partial charge in [0.05, 0.1) is 59.5 Å². The van der Waals surface area contributed by atoms with Gasteiger partial charge in [0.15, 0.2) is 0 Å². The van der Waals surface area contributed by atoms with Crippen molar-refractivity contribution >= 4 is 67.4 Å². The predicted molar refractivity (Wildman–Crippen MR) is 182 cm³/mol. The number of hydroxylamine groups is 2. The minimum absolute atomic E-state index is 0.0121. The van der Waals surface area contributed by atoms with Crippen LogP contribution in [0.2, 0.25) is 0 Å². The van der Waals surface area contributed by atoms with Gasteiger partial charge in [0.2, 0.25) is 11.8 Å². The molecule has 1 aromatic carbocycles. The summed E-state index contributed by atoms with van der Waals surface area (Å²) in [7, 11) is 0. The van der Waals surface area contributed by atoms with Crippen LogP contribution in [0.15, 0.2) is 18.2 Å². The maximum Gasteiger partial charge on any atom is 0.358 e. The zero-order valence-electron chi connectivity index (χ0n) is 27.7. The number of nitrogens with one attached hydrogen (secondary N) is 3. The van der Waals surface area contributed by atoms with Crippen LogP contribution in [0.25, 0.3) is 0 Å². The molecular formula is C31H44Br2N4O13. The third-order valence-corrected chi connectivity index (χ3v) is 7.59. The molecule has 0 bridgehead atoms. The van der Waals surface area contributed by atoms with E-state index < -0.39 is 24.4 Å². The van der Waals surface area contributed by atoms with E-state index in [1.54, 1.807) is 0 Å². The Bertz CT molecular complexity index is 1200. The Morgan fingerprint density at radius 2 is 1.00 bits per heavy atom. The molecule has 0 saturated carbocycles. The number of halogens is 2. The molecule has 5 amide bonds. The van der Waals surface area contributed by atoms with Gasteiger partial charge in [-0.05, 0) is 23.3 Å². The molecule has 0 aliphatic carbocycles. The summed E-state index contributed by atoms with van der Waals surface area (Å²) < 4.78 is 31.7. The fourth-order valence-corrected chi connectivity index (χ4v) is 4.59. The molecule has 1 saturated heterocycles. The van der Waals surface area contributed by atoms with E-state index in [1.165, 1.54) is 0 Å². The van der Waals surface area contributed by atoms with Crippen LogP contribution in [0.3, 0.4) is 0 Å². The lowest BCUT2D eigenvalue weighted by molar-refractivity contribution is -0.200. The van der Waals surface area contributed by atoms with Crippen molar-refractivity contribution in [3.8, 4) is 0 Å². The number of hydrogen-bond acceptors (Lipinski definition) is 13. The standard InChI is InChI=1S/C31H44Br2N4O13/c32-18-23-15-24(19-33)17-25(16-23)31(43)36-5-8-46-10-13-48-21-27(39)34-3-6-44-9-12-47-20-26(38)35-4-7-45-11-14-49-22-30(42)50-37-28(40)1-2-29(37)41/h15-17H,1-14,18-22H2,(H,34,39)(H,35,38)(H,36,43). The maximum atomic E-state index is 12.4. The van der Waals surface area contributed by atoms with Crippen LogP contribution in [-0.2, 0) is 67.9 Å². The molecule has 3 N–H and O–H groups in total. The predicted octanol–water partition coefficient (Wildman–Crippen LogP) is 0.145. The monoisotopic (exact) mass is 838 g/mol. The molecular weight excluding hydrogens is 796 g/mol. The van der Waals surface area contributed by atoms with Gasteiger partial charge in [-0.2, -0.15) is 0 Å². The second-order valence-electron chi connectivity index (χ2n) is 10.3. The Morgan fingerprint density at radius 3 is 1.46 bits per heavy atom. The Kier molecular flexibility index (Phi) is 23.1. The molecule has 0 atom stereocenters. The highest BCUT2D eigenvalue weighted by atomic mass is 79.9. The first kappa shape index (κ1) is 43.1. The van der Waals surface area contributed by atoms with E-state index in [4.69, 9.17) is 28.4 Å². The molecule has 19 heteroatoms. The Labute approximate surface area is 306 Å². The van der Waals surface area contributed by atoms with Gasteiger partial charge in [-0.3, -0.25) is 24.0 Å². The average Bonchev–Trinajstić information content (AvgIpc) is 3.43. The van der Waals surface area contributed by atoms with Gasteiger partial charge in [-0.15, -0.1) is 5.06 Å². The number of amides is 5. The first-order valence-electron chi connectivity index (χ1n) is 15.8. The summed E-state index contributed by atoms with van der Waals surface area (Å²) in [6.07, 6.45) is 0.0243. The lowest BCUT2D eigenvalue weighted by atomic mass is 10.1. The molecule has 0 spiro atoms. The molecule has 1 heterocycles. The van der Waals surface area contributed by atoms with Crippen LogP contribution in [0.5, 0.6) is 0 Å². The average molecular weight is 841 g/mol. The van der Waals surface area contributed by atoms with Crippen LogP contribution >= 0.6 is 31.9 Å². The number of ether oxygens (including phenoxy) is 6. The van der Waals surface area contributed by atoms with Gasteiger partial charge in [-0.25, -0.2) is 4.79 Å². The highest BCUT2D eigenvalue weighted by Crippen LogP contribution is 2.16. The zero-order valence-corrected chi connectivity index (χ0v) is 30.8.